The number of benzene rings is 2. The average molecular weight is 391 g/mol. The number of carbonyl (C=O) groups excluding carboxylic acids is 1. The lowest BCUT2D eigenvalue weighted by molar-refractivity contribution is 0.0340. The Bertz CT molecular complexity index is 992. The Morgan fingerprint density at radius 1 is 1.07 bits per heavy atom. The van der Waals surface area contributed by atoms with Gasteiger partial charge in [-0.25, -0.2) is 0 Å². The van der Waals surface area contributed by atoms with Crippen LogP contribution in [0.25, 0.3) is 11.1 Å². The summed E-state index contributed by atoms with van der Waals surface area (Å²) >= 11 is 0. The van der Waals surface area contributed by atoms with E-state index in [4.69, 9.17) is 14.9 Å². The largest absolute Gasteiger partial charge is 0.456 e. The van der Waals surface area contributed by atoms with Gasteiger partial charge in [0.2, 0.25) is 0 Å². The van der Waals surface area contributed by atoms with Gasteiger partial charge in [0.15, 0.2) is 5.76 Å². The monoisotopic (exact) mass is 391 g/mol. The second-order valence-corrected chi connectivity index (χ2v) is 7.20. The lowest BCUT2D eigenvalue weighted by Gasteiger charge is -2.26. The van der Waals surface area contributed by atoms with Crippen LogP contribution in [0.5, 0.6) is 0 Å². The molecular formula is C23H25N3O3. The van der Waals surface area contributed by atoms with E-state index in [0.29, 0.717) is 11.4 Å². The van der Waals surface area contributed by atoms with Gasteiger partial charge in [-0.1, -0.05) is 36.4 Å². The van der Waals surface area contributed by atoms with Crippen molar-refractivity contribution in [1.82, 2.24) is 4.90 Å². The summed E-state index contributed by atoms with van der Waals surface area (Å²) in [6, 6.07) is 17.4. The van der Waals surface area contributed by atoms with Gasteiger partial charge in [0, 0.05) is 25.2 Å². The van der Waals surface area contributed by atoms with Crippen molar-refractivity contribution in [3.63, 3.8) is 0 Å². The third kappa shape index (κ3) is 4.50. The molecule has 0 spiro atoms. The van der Waals surface area contributed by atoms with E-state index in [1.165, 1.54) is 0 Å². The van der Waals surface area contributed by atoms with Crippen LogP contribution in [0.15, 0.2) is 59.0 Å². The molecular weight excluding hydrogens is 366 g/mol. The van der Waals surface area contributed by atoms with Crippen molar-refractivity contribution in [2.45, 2.75) is 13.5 Å². The molecule has 3 N–H and O–H groups in total. The molecule has 1 saturated heterocycles. The molecule has 0 unspecified atom stereocenters. The number of hydrogen-bond acceptors (Lipinski definition) is 5. The smallest absolute Gasteiger partial charge is 0.291 e. The number of ether oxygens (including phenoxy) is 1. The maximum absolute atomic E-state index is 12.8. The third-order valence-electron chi connectivity index (χ3n) is 5.15. The first kappa shape index (κ1) is 19.2. The molecule has 3 aromatic rings. The highest BCUT2D eigenvalue weighted by molar-refractivity contribution is 6.04. The van der Waals surface area contributed by atoms with Gasteiger partial charge in [-0.15, -0.1) is 0 Å². The zero-order valence-corrected chi connectivity index (χ0v) is 16.5. The molecule has 0 saturated carbocycles. The molecule has 6 heteroatoms. The fourth-order valence-electron chi connectivity index (χ4n) is 3.45. The second kappa shape index (κ2) is 8.51. The van der Waals surface area contributed by atoms with Crippen LogP contribution in [-0.4, -0.2) is 37.1 Å². The highest BCUT2D eigenvalue weighted by atomic mass is 16.5. The number of furan rings is 1. The summed E-state index contributed by atoms with van der Waals surface area (Å²) in [5.41, 5.74) is 10.2. The van der Waals surface area contributed by atoms with E-state index in [1.54, 1.807) is 6.07 Å². The van der Waals surface area contributed by atoms with Crippen LogP contribution >= 0.6 is 0 Å². The summed E-state index contributed by atoms with van der Waals surface area (Å²) in [7, 11) is 0. The van der Waals surface area contributed by atoms with Crippen molar-refractivity contribution in [2.24, 2.45) is 0 Å². The number of amides is 1. The predicted molar refractivity (Wildman–Crippen MR) is 114 cm³/mol. The molecule has 6 nitrogen and oxygen atoms in total. The Balaban J connectivity index is 1.50. The summed E-state index contributed by atoms with van der Waals surface area (Å²) in [6.07, 6.45) is 0. The molecule has 1 aliphatic heterocycles. The molecule has 0 bridgehead atoms. The van der Waals surface area contributed by atoms with Crippen molar-refractivity contribution in [3.05, 3.63) is 71.7 Å². The van der Waals surface area contributed by atoms with Crippen molar-refractivity contribution >= 4 is 17.3 Å². The van der Waals surface area contributed by atoms with Gasteiger partial charge in [-0.2, -0.15) is 0 Å². The van der Waals surface area contributed by atoms with Crippen LogP contribution in [0.3, 0.4) is 0 Å². The number of nitrogen functional groups attached to an aromatic ring is 1. The SMILES string of the molecule is Cc1oc(C(=O)Nc2cc(-c3ccccc3)ccc2N)cc1CN1CCOCC1. The fraction of sp³-hybridized carbons (Fsp3) is 0.261. The van der Waals surface area contributed by atoms with Crippen LogP contribution in [-0.2, 0) is 11.3 Å². The molecule has 150 valence electrons. The molecule has 0 radical (unpaired) electrons. The molecule has 29 heavy (non-hydrogen) atoms. The van der Waals surface area contributed by atoms with Crippen LogP contribution < -0.4 is 11.1 Å². The molecule has 4 rings (SSSR count). The van der Waals surface area contributed by atoms with Crippen LogP contribution in [0.2, 0.25) is 0 Å². The molecule has 0 aliphatic carbocycles. The Kier molecular flexibility index (Phi) is 5.64. The molecule has 1 fully saturated rings. The summed E-state index contributed by atoms with van der Waals surface area (Å²) in [5, 5.41) is 2.89. The zero-order chi connectivity index (χ0) is 20.2. The van der Waals surface area contributed by atoms with Crippen molar-refractivity contribution in [2.75, 3.05) is 37.4 Å². The molecule has 0 atom stereocenters. The van der Waals surface area contributed by atoms with E-state index in [2.05, 4.69) is 10.2 Å². The minimum atomic E-state index is -0.307. The van der Waals surface area contributed by atoms with Crippen molar-refractivity contribution in [1.29, 1.82) is 0 Å². The highest BCUT2D eigenvalue weighted by Crippen LogP contribution is 2.28. The van der Waals surface area contributed by atoms with E-state index in [-0.39, 0.29) is 11.7 Å². The molecule has 1 aromatic heterocycles. The second-order valence-electron chi connectivity index (χ2n) is 7.20. The summed E-state index contributed by atoms with van der Waals surface area (Å²) < 4.78 is 11.1. The van der Waals surface area contributed by atoms with E-state index in [1.807, 2.05) is 55.5 Å². The van der Waals surface area contributed by atoms with Gasteiger partial charge >= 0.3 is 0 Å². The van der Waals surface area contributed by atoms with Gasteiger partial charge < -0.3 is 20.2 Å². The normalized spacial score (nSPS) is 14.7. The first-order valence-corrected chi connectivity index (χ1v) is 9.76. The Hall–Kier alpha value is -3.09. The highest BCUT2D eigenvalue weighted by Gasteiger charge is 2.19. The number of morpholine rings is 1. The predicted octanol–water partition coefficient (Wildman–Crippen LogP) is 3.92. The fourth-order valence-corrected chi connectivity index (χ4v) is 3.45. The zero-order valence-electron chi connectivity index (χ0n) is 16.5. The quantitative estimate of drug-likeness (QED) is 0.644. The number of carbonyl (C=O) groups is 1. The van der Waals surface area contributed by atoms with E-state index >= 15 is 0 Å². The number of rotatable bonds is 5. The van der Waals surface area contributed by atoms with Gasteiger partial charge in [0.25, 0.3) is 5.91 Å². The Morgan fingerprint density at radius 2 is 1.83 bits per heavy atom. The van der Waals surface area contributed by atoms with E-state index < -0.39 is 0 Å². The lowest BCUT2D eigenvalue weighted by atomic mass is 10.0. The summed E-state index contributed by atoms with van der Waals surface area (Å²) in [6.45, 7) is 5.88. The number of nitrogens with zero attached hydrogens (tertiary/aromatic N) is 1. The minimum absolute atomic E-state index is 0.287. The number of nitrogens with one attached hydrogen (secondary N) is 1. The van der Waals surface area contributed by atoms with Crippen LogP contribution in [0.4, 0.5) is 11.4 Å². The summed E-state index contributed by atoms with van der Waals surface area (Å²) in [5.74, 6) is 0.737. The lowest BCUT2D eigenvalue weighted by Crippen LogP contribution is -2.35. The van der Waals surface area contributed by atoms with Crippen LogP contribution in [0.1, 0.15) is 21.9 Å². The standard InChI is InChI=1S/C23H25N3O3/c1-16-19(15-26-9-11-28-12-10-26)14-22(29-16)23(27)25-21-13-18(7-8-20(21)24)17-5-3-2-4-6-17/h2-8,13-14H,9-12,15,24H2,1H3,(H,25,27). The molecule has 1 amide bonds. The Labute approximate surface area is 170 Å². The average Bonchev–Trinajstić information content (AvgIpc) is 3.11. The number of nitrogens with two attached hydrogens (primary N) is 1. The maximum atomic E-state index is 12.8. The van der Waals surface area contributed by atoms with Gasteiger partial charge in [-0.05, 0) is 36.2 Å². The molecule has 2 heterocycles. The number of hydrogen-bond donors (Lipinski definition) is 2. The van der Waals surface area contributed by atoms with Crippen molar-refractivity contribution < 1.29 is 13.9 Å². The molecule has 2 aromatic carbocycles. The van der Waals surface area contributed by atoms with Gasteiger partial charge in [0.05, 0.1) is 24.6 Å². The minimum Gasteiger partial charge on any atom is -0.456 e. The van der Waals surface area contributed by atoms with Gasteiger partial charge in [0.1, 0.15) is 5.76 Å². The third-order valence-corrected chi connectivity index (χ3v) is 5.15. The number of anilines is 2. The first-order chi connectivity index (χ1) is 14.1. The Morgan fingerprint density at radius 3 is 2.59 bits per heavy atom. The van der Waals surface area contributed by atoms with Gasteiger partial charge in [-0.3, -0.25) is 9.69 Å². The van der Waals surface area contributed by atoms with Crippen LogP contribution in [0, 0.1) is 6.92 Å². The topological polar surface area (TPSA) is 80.7 Å². The molecule has 1 aliphatic rings. The first-order valence-electron chi connectivity index (χ1n) is 9.76. The van der Waals surface area contributed by atoms with E-state index in [9.17, 15) is 4.79 Å². The summed E-state index contributed by atoms with van der Waals surface area (Å²) in [4.78, 5) is 15.1. The number of aryl methyl sites for hydroxylation is 1. The van der Waals surface area contributed by atoms with E-state index in [0.717, 1.165) is 55.3 Å². The van der Waals surface area contributed by atoms with Crippen molar-refractivity contribution in [3.8, 4) is 11.1 Å². The maximum Gasteiger partial charge on any atom is 0.291 e.